The van der Waals surface area contributed by atoms with E-state index in [0.717, 1.165) is 46.1 Å². The number of carbonyl (C=O) groups is 1. The third kappa shape index (κ3) is 3.18. The summed E-state index contributed by atoms with van der Waals surface area (Å²) in [5.41, 5.74) is 10.9. The van der Waals surface area contributed by atoms with Crippen molar-refractivity contribution in [3.8, 4) is 11.1 Å². The lowest BCUT2D eigenvalue weighted by molar-refractivity contribution is 0.0729. The highest BCUT2D eigenvalue weighted by Crippen LogP contribution is 2.33. The van der Waals surface area contributed by atoms with Crippen molar-refractivity contribution in [2.45, 2.75) is 25.8 Å². The predicted molar refractivity (Wildman–Crippen MR) is 116 cm³/mol. The highest BCUT2D eigenvalue weighted by molar-refractivity contribution is 6.05. The molecule has 0 spiro atoms. The van der Waals surface area contributed by atoms with Gasteiger partial charge in [0.2, 0.25) is 0 Å². The van der Waals surface area contributed by atoms with Gasteiger partial charge in [0.15, 0.2) is 5.69 Å². The molecule has 0 saturated carbocycles. The Hall–Kier alpha value is -3.74. The number of nitrogen functional groups attached to an aromatic ring is 1. The first-order chi connectivity index (χ1) is 14.6. The van der Waals surface area contributed by atoms with E-state index in [1.54, 1.807) is 12.3 Å². The second kappa shape index (κ2) is 7.26. The van der Waals surface area contributed by atoms with Crippen LogP contribution in [0.3, 0.4) is 0 Å². The van der Waals surface area contributed by atoms with Gasteiger partial charge in [0.05, 0.1) is 17.3 Å². The van der Waals surface area contributed by atoms with Gasteiger partial charge in [-0.1, -0.05) is 17.7 Å². The van der Waals surface area contributed by atoms with Crippen molar-refractivity contribution >= 4 is 22.6 Å². The molecule has 150 valence electrons. The minimum atomic E-state index is -0.0528. The highest BCUT2D eigenvalue weighted by atomic mass is 16.2. The van der Waals surface area contributed by atoms with E-state index in [0.29, 0.717) is 18.1 Å². The van der Waals surface area contributed by atoms with Gasteiger partial charge in [-0.15, -0.1) is 0 Å². The van der Waals surface area contributed by atoms with Crippen LogP contribution >= 0.6 is 0 Å². The molecule has 7 heteroatoms. The first-order valence-corrected chi connectivity index (χ1v) is 10.0. The number of aromatic amines is 1. The number of aromatic nitrogens is 4. The summed E-state index contributed by atoms with van der Waals surface area (Å²) in [6, 6.07) is 13.6. The first-order valence-electron chi connectivity index (χ1n) is 10.0. The Labute approximate surface area is 174 Å². The van der Waals surface area contributed by atoms with Crippen LogP contribution in [-0.4, -0.2) is 37.5 Å². The zero-order chi connectivity index (χ0) is 20.7. The fourth-order valence-corrected chi connectivity index (χ4v) is 4.09. The number of nitrogens with zero attached hydrogens (tertiary/aromatic N) is 4. The Kier molecular flexibility index (Phi) is 4.43. The summed E-state index contributed by atoms with van der Waals surface area (Å²) in [5.74, 6) is 0.437. The standard InChI is InChI=1S/C23H22N6O/c1-14-4-7-18-17(11-14)22(28-27-18)23(30)29-10-2-3-20(29)19-8-5-15(12-25-19)16-6-9-21(24)26-13-16/h4-9,11-13,20H,2-3,10H2,1H3,(H2,24,26)(H,27,28)/t20-/m1/s1. The molecule has 1 saturated heterocycles. The number of amides is 1. The van der Waals surface area contributed by atoms with Gasteiger partial charge >= 0.3 is 0 Å². The Bertz CT molecular complexity index is 1210. The van der Waals surface area contributed by atoms with Crippen LogP contribution < -0.4 is 5.73 Å². The Morgan fingerprint density at radius 2 is 1.90 bits per heavy atom. The van der Waals surface area contributed by atoms with Crippen LogP contribution in [0.4, 0.5) is 5.82 Å². The molecule has 0 radical (unpaired) electrons. The highest BCUT2D eigenvalue weighted by Gasteiger charge is 2.33. The lowest BCUT2D eigenvalue weighted by atomic mass is 10.1. The summed E-state index contributed by atoms with van der Waals surface area (Å²) in [4.78, 5) is 24.0. The van der Waals surface area contributed by atoms with Gasteiger partial charge in [0, 0.05) is 35.5 Å². The summed E-state index contributed by atoms with van der Waals surface area (Å²) < 4.78 is 0. The fraction of sp³-hybridized carbons (Fsp3) is 0.217. The van der Waals surface area contributed by atoms with E-state index in [1.807, 2.05) is 54.4 Å². The fourth-order valence-electron chi connectivity index (χ4n) is 4.09. The minimum absolute atomic E-state index is 0.0485. The van der Waals surface area contributed by atoms with Crippen molar-refractivity contribution in [1.82, 2.24) is 25.1 Å². The van der Waals surface area contributed by atoms with E-state index in [1.165, 1.54) is 0 Å². The van der Waals surface area contributed by atoms with Crippen LogP contribution in [0, 0.1) is 6.92 Å². The number of benzene rings is 1. The molecule has 5 rings (SSSR count). The number of anilines is 1. The van der Waals surface area contributed by atoms with E-state index < -0.39 is 0 Å². The van der Waals surface area contributed by atoms with Crippen LogP contribution in [0.2, 0.25) is 0 Å². The van der Waals surface area contributed by atoms with Crippen LogP contribution in [0.25, 0.3) is 22.0 Å². The van der Waals surface area contributed by atoms with Gasteiger partial charge in [0.1, 0.15) is 5.82 Å². The van der Waals surface area contributed by atoms with Crippen molar-refractivity contribution in [2.24, 2.45) is 0 Å². The molecule has 0 unspecified atom stereocenters. The van der Waals surface area contributed by atoms with Crippen LogP contribution in [0.15, 0.2) is 54.9 Å². The lowest BCUT2D eigenvalue weighted by Gasteiger charge is -2.23. The number of aryl methyl sites for hydroxylation is 1. The SMILES string of the molecule is Cc1ccc2[nH]nc(C(=O)N3CCC[C@@H]3c3ccc(-c4ccc(N)nc4)cn3)c2c1. The summed E-state index contributed by atoms with van der Waals surface area (Å²) in [5, 5.41) is 8.16. The van der Waals surface area contributed by atoms with Crippen molar-refractivity contribution in [2.75, 3.05) is 12.3 Å². The molecule has 1 fully saturated rings. The van der Waals surface area contributed by atoms with E-state index in [9.17, 15) is 4.79 Å². The number of hydrogen-bond donors (Lipinski definition) is 2. The number of likely N-dealkylation sites (tertiary alicyclic amines) is 1. The molecular weight excluding hydrogens is 376 g/mol. The van der Waals surface area contributed by atoms with E-state index in [4.69, 9.17) is 5.73 Å². The molecule has 4 heterocycles. The topological polar surface area (TPSA) is 101 Å². The normalized spacial score (nSPS) is 16.3. The smallest absolute Gasteiger partial charge is 0.275 e. The van der Waals surface area contributed by atoms with Crippen molar-refractivity contribution in [1.29, 1.82) is 0 Å². The van der Waals surface area contributed by atoms with Gasteiger partial charge in [-0.3, -0.25) is 14.9 Å². The van der Waals surface area contributed by atoms with Crippen molar-refractivity contribution in [3.05, 3.63) is 71.8 Å². The molecule has 7 nitrogen and oxygen atoms in total. The van der Waals surface area contributed by atoms with Gasteiger partial charge in [-0.25, -0.2) is 4.98 Å². The second-order valence-corrected chi connectivity index (χ2v) is 7.72. The second-order valence-electron chi connectivity index (χ2n) is 7.72. The molecule has 1 aromatic carbocycles. The third-order valence-electron chi connectivity index (χ3n) is 5.68. The summed E-state index contributed by atoms with van der Waals surface area (Å²) in [6.45, 7) is 2.72. The number of nitrogens with one attached hydrogen (secondary N) is 1. The largest absolute Gasteiger partial charge is 0.384 e. The monoisotopic (exact) mass is 398 g/mol. The zero-order valence-corrected chi connectivity index (χ0v) is 16.7. The minimum Gasteiger partial charge on any atom is -0.384 e. The molecule has 1 aliphatic heterocycles. The van der Waals surface area contributed by atoms with Crippen LogP contribution in [0.1, 0.15) is 40.6 Å². The summed E-state index contributed by atoms with van der Waals surface area (Å²) in [6.07, 6.45) is 5.41. The number of fused-ring (bicyclic) bond motifs is 1. The molecular formula is C23H22N6O. The number of carbonyl (C=O) groups excluding carboxylic acids is 1. The number of nitrogens with two attached hydrogens (primary N) is 1. The molecule has 0 bridgehead atoms. The Morgan fingerprint density at radius 1 is 1.10 bits per heavy atom. The van der Waals surface area contributed by atoms with Gasteiger partial charge < -0.3 is 10.6 Å². The van der Waals surface area contributed by atoms with E-state index in [-0.39, 0.29) is 11.9 Å². The molecule has 4 aromatic rings. The van der Waals surface area contributed by atoms with Crippen molar-refractivity contribution < 1.29 is 4.79 Å². The summed E-state index contributed by atoms with van der Waals surface area (Å²) in [7, 11) is 0. The van der Waals surface area contributed by atoms with Crippen LogP contribution in [0.5, 0.6) is 0 Å². The maximum Gasteiger partial charge on any atom is 0.275 e. The Morgan fingerprint density at radius 3 is 2.63 bits per heavy atom. The number of hydrogen-bond acceptors (Lipinski definition) is 5. The van der Waals surface area contributed by atoms with Crippen LogP contribution in [-0.2, 0) is 0 Å². The Balaban J connectivity index is 1.42. The van der Waals surface area contributed by atoms with Gasteiger partial charge in [-0.2, -0.15) is 5.10 Å². The number of rotatable bonds is 3. The quantitative estimate of drug-likeness (QED) is 0.545. The zero-order valence-electron chi connectivity index (χ0n) is 16.7. The average Bonchev–Trinajstić information content (AvgIpc) is 3.41. The third-order valence-corrected chi connectivity index (χ3v) is 5.68. The molecule has 3 N–H and O–H groups in total. The molecule has 1 atom stereocenters. The molecule has 0 aliphatic carbocycles. The van der Waals surface area contributed by atoms with Gasteiger partial charge in [-0.05, 0) is 50.1 Å². The lowest BCUT2D eigenvalue weighted by Crippen LogP contribution is -2.31. The predicted octanol–water partition coefficient (Wildman–Crippen LogP) is 3.89. The summed E-state index contributed by atoms with van der Waals surface area (Å²) >= 11 is 0. The molecule has 3 aromatic heterocycles. The molecule has 30 heavy (non-hydrogen) atoms. The number of pyridine rings is 2. The first kappa shape index (κ1) is 18.3. The maximum absolute atomic E-state index is 13.3. The average molecular weight is 398 g/mol. The number of H-pyrrole nitrogens is 1. The molecule has 1 aliphatic rings. The van der Waals surface area contributed by atoms with E-state index >= 15 is 0 Å². The van der Waals surface area contributed by atoms with E-state index in [2.05, 4.69) is 20.2 Å². The van der Waals surface area contributed by atoms with Crippen molar-refractivity contribution in [3.63, 3.8) is 0 Å². The van der Waals surface area contributed by atoms with Gasteiger partial charge in [0.25, 0.3) is 5.91 Å². The maximum atomic E-state index is 13.3. The molecule has 1 amide bonds.